The molecule has 1 saturated heterocycles. The number of morpholine rings is 1. The van der Waals surface area contributed by atoms with Crippen molar-refractivity contribution in [2.75, 3.05) is 41.8 Å². The van der Waals surface area contributed by atoms with Gasteiger partial charge in [0.05, 0.1) is 30.2 Å². The second-order valence-corrected chi connectivity index (χ2v) is 11.6. The van der Waals surface area contributed by atoms with Crippen molar-refractivity contribution in [1.82, 2.24) is 24.3 Å². The van der Waals surface area contributed by atoms with Gasteiger partial charge in [-0.15, -0.1) is 11.3 Å². The minimum Gasteiger partial charge on any atom is -0.378 e. The maximum absolute atomic E-state index is 13.2. The number of carbonyl (C=O) groups excluding carboxylic acids is 1. The van der Waals surface area contributed by atoms with Gasteiger partial charge in [0, 0.05) is 70.6 Å². The summed E-state index contributed by atoms with van der Waals surface area (Å²) >= 11 is 1.55. The normalized spacial score (nSPS) is 13.4. The number of carbonyl (C=O) groups is 1. The number of ether oxygens (including phenoxy) is 1. The van der Waals surface area contributed by atoms with Crippen molar-refractivity contribution in [1.29, 1.82) is 0 Å². The van der Waals surface area contributed by atoms with E-state index in [2.05, 4.69) is 37.6 Å². The number of thiazole rings is 1. The summed E-state index contributed by atoms with van der Waals surface area (Å²) in [5.74, 6) is 0.308. The fourth-order valence-corrected chi connectivity index (χ4v) is 6.40. The van der Waals surface area contributed by atoms with Gasteiger partial charge >= 0.3 is 0 Å². The molecule has 3 aromatic carbocycles. The van der Waals surface area contributed by atoms with Crippen LogP contribution < -0.4 is 15.5 Å². The Bertz CT molecular complexity index is 2140. The number of amides is 1. The Morgan fingerprint density at radius 3 is 2.69 bits per heavy atom. The Kier molecular flexibility index (Phi) is 6.93. The third-order valence-electron chi connectivity index (χ3n) is 7.89. The first kappa shape index (κ1) is 27.1. The summed E-state index contributed by atoms with van der Waals surface area (Å²) in [5.41, 5.74) is 7.47. The number of hydrogen-bond acceptors (Lipinski definition) is 8. The van der Waals surface area contributed by atoms with Crippen LogP contribution in [0.15, 0.2) is 103 Å². The SMILES string of the molecule is O=C(Nc1cccc(-c2nc3sccn3c2-c2ccnc(Nc3ccc(N4CCOCC4)cc3)n2)c1)c1c[nH]c2ccccc12. The van der Waals surface area contributed by atoms with Crippen molar-refractivity contribution in [2.45, 2.75) is 0 Å². The van der Waals surface area contributed by atoms with E-state index in [0.29, 0.717) is 17.2 Å². The molecule has 45 heavy (non-hydrogen) atoms. The standard InChI is InChI=1S/C34H28N8O2S/c43-32(27-21-36-28-7-2-1-6-26(27)28)37-24-5-3-4-22(20-24)30-31(42-16-19-45-34(42)40-30)29-12-13-35-33(39-29)38-23-8-10-25(11-9-23)41-14-17-44-18-15-41/h1-13,16,19-21,36H,14-15,17-18H2,(H,37,43)(H,35,38,39). The number of rotatable bonds is 7. The lowest BCUT2D eigenvalue weighted by atomic mass is 10.1. The second-order valence-electron chi connectivity index (χ2n) is 10.7. The summed E-state index contributed by atoms with van der Waals surface area (Å²) in [6, 6.07) is 25.7. The Hall–Kier alpha value is -5.52. The number of fused-ring (bicyclic) bond motifs is 2. The van der Waals surface area contributed by atoms with Crippen LogP contribution in [-0.4, -0.2) is 56.5 Å². The molecule has 1 amide bonds. The predicted molar refractivity (Wildman–Crippen MR) is 179 cm³/mol. The molecule has 0 spiro atoms. The number of aromatic nitrogens is 5. The Morgan fingerprint density at radius 2 is 1.80 bits per heavy atom. The smallest absolute Gasteiger partial charge is 0.257 e. The second kappa shape index (κ2) is 11.5. The molecule has 1 fully saturated rings. The zero-order chi connectivity index (χ0) is 30.2. The molecule has 3 N–H and O–H groups in total. The van der Waals surface area contributed by atoms with Gasteiger partial charge in [-0.2, -0.15) is 0 Å². The van der Waals surface area contributed by atoms with E-state index in [0.717, 1.165) is 70.5 Å². The number of H-pyrrole nitrogens is 1. The topological polar surface area (TPSA) is 112 Å². The third-order valence-corrected chi connectivity index (χ3v) is 8.64. The van der Waals surface area contributed by atoms with E-state index in [1.165, 1.54) is 5.69 Å². The van der Waals surface area contributed by atoms with Crippen LogP contribution in [0.5, 0.6) is 0 Å². The highest BCUT2D eigenvalue weighted by atomic mass is 32.1. The van der Waals surface area contributed by atoms with Crippen LogP contribution in [0.3, 0.4) is 0 Å². The Labute approximate surface area is 262 Å². The number of nitrogens with zero attached hydrogens (tertiary/aromatic N) is 5. The highest BCUT2D eigenvalue weighted by Gasteiger charge is 2.20. The van der Waals surface area contributed by atoms with Crippen LogP contribution in [0.4, 0.5) is 23.0 Å². The summed E-state index contributed by atoms with van der Waals surface area (Å²) in [6.45, 7) is 3.28. The van der Waals surface area contributed by atoms with E-state index in [1.54, 1.807) is 23.7 Å². The van der Waals surface area contributed by atoms with Gasteiger partial charge < -0.3 is 25.3 Å². The van der Waals surface area contributed by atoms with Gasteiger partial charge in [0.25, 0.3) is 5.91 Å². The predicted octanol–water partition coefficient (Wildman–Crippen LogP) is 6.83. The van der Waals surface area contributed by atoms with Crippen molar-refractivity contribution in [3.8, 4) is 22.6 Å². The fourth-order valence-electron chi connectivity index (χ4n) is 5.69. The molecule has 1 aliphatic rings. The van der Waals surface area contributed by atoms with Crippen molar-refractivity contribution in [3.05, 3.63) is 108 Å². The first-order valence-corrected chi connectivity index (χ1v) is 15.5. The molecule has 0 saturated carbocycles. The molecule has 11 heteroatoms. The van der Waals surface area contributed by atoms with Gasteiger partial charge in [-0.3, -0.25) is 9.20 Å². The highest BCUT2D eigenvalue weighted by Crippen LogP contribution is 2.35. The summed E-state index contributed by atoms with van der Waals surface area (Å²) in [4.78, 5) is 33.9. The quantitative estimate of drug-likeness (QED) is 0.181. The van der Waals surface area contributed by atoms with E-state index < -0.39 is 0 Å². The van der Waals surface area contributed by atoms with Gasteiger partial charge in [0.15, 0.2) is 4.96 Å². The summed E-state index contributed by atoms with van der Waals surface area (Å²) in [6.07, 6.45) is 5.48. The molecule has 4 aromatic heterocycles. The molecule has 5 heterocycles. The zero-order valence-electron chi connectivity index (χ0n) is 24.1. The molecular formula is C34H28N8O2S. The molecule has 0 unspecified atom stereocenters. The van der Waals surface area contributed by atoms with Gasteiger partial charge in [0.2, 0.25) is 5.95 Å². The minimum absolute atomic E-state index is 0.180. The molecule has 222 valence electrons. The summed E-state index contributed by atoms with van der Waals surface area (Å²) in [5, 5.41) is 9.29. The van der Waals surface area contributed by atoms with E-state index in [1.807, 2.05) is 82.7 Å². The Morgan fingerprint density at radius 1 is 0.933 bits per heavy atom. The van der Waals surface area contributed by atoms with Crippen LogP contribution in [0.2, 0.25) is 0 Å². The first-order valence-electron chi connectivity index (χ1n) is 14.7. The monoisotopic (exact) mass is 612 g/mol. The fraction of sp³-hybridized carbons (Fsp3) is 0.118. The van der Waals surface area contributed by atoms with Gasteiger partial charge in [0.1, 0.15) is 5.69 Å². The van der Waals surface area contributed by atoms with Gasteiger partial charge in [-0.05, 0) is 48.5 Å². The average molecular weight is 613 g/mol. The molecule has 0 radical (unpaired) electrons. The van der Waals surface area contributed by atoms with Crippen LogP contribution in [0, 0.1) is 0 Å². The summed E-state index contributed by atoms with van der Waals surface area (Å²) in [7, 11) is 0. The van der Waals surface area contributed by atoms with Crippen molar-refractivity contribution >= 4 is 56.1 Å². The van der Waals surface area contributed by atoms with Gasteiger partial charge in [-0.1, -0.05) is 30.3 Å². The highest BCUT2D eigenvalue weighted by molar-refractivity contribution is 7.15. The molecule has 0 atom stereocenters. The number of nitrogens with one attached hydrogen (secondary N) is 3. The molecule has 10 nitrogen and oxygen atoms in total. The summed E-state index contributed by atoms with van der Waals surface area (Å²) < 4.78 is 7.52. The molecular weight excluding hydrogens is 584 g/mol. The number of hydrogen-bond donors (Lipinski definition) is 3. The van der Waals surface area contributed by atoms with E-state index in [9.17, 15) is 4.79 Å². The first-order chi connectivity index (χ1) is 22.2. The molecule has 1 aliphatic heterocycles. The maximum Gasteiger partial charge on any atom is 0.257 e. The lowest BCUT2D eigenvalue weighted by Crippen LogP contribution is -2.36. The van der Waals surface area contributed by atoms with Crippen LogP contribution in [0.25, 0.3) is 38.5 Å². The van der Waals surface area contributed by atoms with Crippen LogP contribution >= 0.6 is 11.3 Å². The van der Waals surface area contributed by atoms with Crippen molar-refractivity contribution < 1.29 is 9.53 Å². The van der Waals surface area contributed by atoms with E-state index >= 15 is 0 Å². The number of imidazole rings is 1. The van der Waals surface area contributed by atoms with Crippen molar-refractivity contribution in [3.63, 3.8) is 0 Å². The largest absolute Gasteiger partial charge is 0.378 e. The van der Waals surface area contributed by atoms with E-state index in [-0.39, 0.29) is 5.91 Å². The number of anilines is 4. The van der Waals surface area contributed by atoms with Crippen molar-refractivity contribution in [2.24, 2.45) is 0 Å². The molecule has 7 aromatic rings. The molecule has 8 rings (SSSR count). The van der Waals surface area contributed by atoms with Crippen LogP contribution in [-0.2, 0) is 4.74 Å². The minimum atomic E-state index is -0.180. The van der Waals surface area contributed by atoms with Crippen LogP contribution in [0.1, 0.15) is 10.4 Å². The maximum atomic E-state index is 13.2. The van der Waals surface area contributed by atoms with E-state index in [4.69, 9.17) is 14.7 Å². The van der Waals surface area contributed by atoms with Gasteiger partial charge in [-0.25, -0.2) is 15.0 Å². The third kappa shape index (κ3) is 5.28. The lowest BCUT2D eigenvalue weighted by molar-refractivity contribution is 0.102. The number of benzene rings is 3. The molecule has 0 aliphatic carbocycles. The Balaban J connectivity index is 1.08. The zero-order valence-corrected chi connectivity index (χ0v) is 24.9. The average Bonchev–Trinajstić information content (AvgIpc) is 3.81. The molecule has 0 bridgehead atoms. The lowest BCUT2D eigenvalue weighted by Gasteiger charge is -2.28. The number of aromatic amines is 1. The number of para-hydroxylation sites is 1.